The van der Waals surface area contributed by atoms with Crippen LogP contribution in [-0.2, 0) is 11.3 Å². The maximum absolute atomic E-state index is 12.0. The minimum Gasteiger partial charge on any atom is -0.334 e. The third-order valence-electron chi connectivity index (χ3n) is 3.71. The van der Waals surface area contributed by atoms with Gasteiger partial charge in [-0.25, -0.2) is 0 Å². The van der Waals surface area contributed by atoms with E-state index in [1.54, 1.807) is 0 Å². The smallest absolute Gasteiger partial charge is 0.236 e. The molecular weight excluding hydrogens is 260 g/mol. The Balaban J connectivity index is 0.00000180. The van der Waals surface area contributed by atoms with E-state index in [1.807, 2.05) is 23.1 Å². The summed E-state index contributed by atoms with van der Waals surface area (Å²) in [6.07, 6.45) is 6.01. The highest BCUT2D eigenvalue weighted by Gasteiger charge is 2.24. The van der Waals surface area contributed by atoms with Gasteiger partial charge in [-0.2, -0.15) is 0 Å². The second kappa shape index (κ2) is 8.18. The van der Waals surface area contributed by atoms with Crippen LogP contribution in [0.1, 0.15) is 37.7 Å². The van der Waals surface area contributed by atoms with Crippen molar-refractivity contribution >= 4 is 18.3 Å². The van der Waals surface area contributed by atoms with E-state index in [0.29, 0.717) is 12.6 Å². The second-order valence-electron chi connectivity index (χ2n) is 5.00. The van der Waals surface area contributed by atoms with Gasteiger partial charge < -0.3 is 10.6 Å². The lowest BCUT2D eigenvalue weighted by atomic mass is 9.93. The fourth-order valence-electron chi connectivity index (χ4n) is 2.71. The Morgan fingerprint density at radius 3 is 2.37 bits per heavy atom. The lowest BCUT2D eigenvalue weighted by Gasteiger charge is -2.34. The molecule has 0 aliphatic heterocycles. The number of carbonyl (C=O) groups excluding carboxylic acids is 1. The molecular formula is C15H23ClN2O. The molecule has 4 heteroatoms. The molecule has 3 nitrogen and oxygen atoms in total. The maximum Gasteiger partial charge on any atom is 0.236 e. The van der Waals surface area contributed by atoms with Gasteiger partial charge in [0, 0.05) is 12.6 Å². The molecule has 2 rings (SSSR count). The molecule has 0 heterocycles. The summed E-state index contributed by atoms with van der Waals surface area (Å²) in [7, 11) is 0. The highest BCUT2D eigenvalue weighted by atomic mass is 35.5. The zero-order valence-corrected chi connectivity index (χ0v) is 12.1. The Bertz CT molecular complexity index is 377. The van der Waals surface area contributed by atoms with E-state index in [-0.39, 0.29) is 24.9 Å². The zero-order valence-electron chi connectivity index (χ0n) is 11.3. The molecule has 2 N–H and O–H groups in total. The first-order valence-corrected chi connectivity index (χ1v) is 6.84. The number of carbonyl (C=O) groups is 1. The van der Waals surface area contributed by atoms with Crippen LogP contribution in [0.4, 0.5) is 0 Å². The van der Waals surface area contributed by atoms with E-state index < -0.39 is 0 Å². The molecule has 1 aliphatic carbocycles. The lowest BCUT2D eigenvalue weighted by molar-refractivity contribution is -0.133. The van der Waals surface area contributed by atoms with Crippen LogP contribution in [0.3, 0.4) is 0 Å². The minimum absolute atomic E-state index is 0. The molecule has 0 radical (unpaired) electrons. The van der Waals surface area contributed by atoms with Crippen molar-refractivity contribution in [3.63, 3.8) is 0 Å². The quantitative estimate of drug-likeness (QED) is 0.923. The summed E-state index contributed by atoms with van der Waals surface area (Å²) in [5, 5.41) is 0. The average Bonchev–Trinajstić information content (AvgIpc) is 2.46. The molecule has 0 spiro atoms. The number of nitrogens with two attached hydrogens (primary N) is 1. The number of hydrogen-bond donors (Lipinski definition) is 1. The molecule has 106 valence electrons. The maximum atomic E-state index is 12.0. The Kier molecular flexibility index (Phi) is 6.89. The average molecular weight is 283 g/mol. The van der Waals surface area contributed by atoms with Crippen molar-refractivity contribution in [3.8, 4) is 0 Å². The fraction of sp³-hybridized carbons (Fsp3) is 0.533. The molecule has 1 amide bonds. The molecule has 1 aromatic rings. The van der Waals surface area contributed by atoms with Crippen molar-refractivity contribution in [3.05, 3.63) is 35.9 Å². The van der Waals surface area contributed by atoms with Crippen LogP contribution in [0.5, 0.6) is 0 Å². The van der Waals surface area contributed by atoms with Crippen molar-refractivity contribution in [1.29, 1.82) is 0 Å². The molecule has 0 bridgehead atoms. The molecule has 0 unspecified atom stereocenters. The summed E-state index contributed by atoms with van der Waals surface area (Å²) in [6.45, 7) is 0.810. The molecule has 0 aromatic heterocycles. The number of nitrogens with zero attached hydrogens (tertiary/aromatic N) is 1. The van der Waals surface area contributed by atoms with Gasteiger partial charge in [-0.15, -0.1) is 12.4 Å². The first kappa shape index (κ1) is 16.0. The standard InChI is InChI=1S/C15H22N2O.ClH/c16-11-15(18)17(14-9-5-2-6-10-14)12-13-7-3-1-4-8-13;/h1,3-4,7-8,14H,2,5-6,9-12,16H2;1H. The van der Waals surface area contributed by atoms with Crippen molar-refractivity contribution in [1.82, 2.24) is 4.90 Å². The van der Waals surface area contributed by atoms with E-state index in [1.165, 1.54) is 24.8 Å². The Morgan fingerprint density at radius 1 is 1.16 bits per heavy atom. The number of halogens is 1. The summed E-state index contributed by atoms with van der Waals surface area (Å²) >= 11 is 0. The summed E-state index contributed by atoms with van der Waals surface area (Å²) in [4.78, 5) is 14.0. The Hall–Kier alpha value is -1.06. The third-order valence-corrected chi connectivity index (χ3v) is 3.71. The lowest BCUT2D eigenvalue weighted by Crippen LogP contribution is -2.43. The number of hydrogen-bond acceptors (Lipinski definition) is 2. The van der Waals surface area contributed by atoms with Gasteiger partial charge in [0.15, 0.2) is 0 Å². The summed E-state index contributed by atoms with van der Waals surface area (Å²) in [5.41, 5.74) is 6.73. The van der Waals surface area contributed by atoms with Crippen molar-refractivity contribution < 1.29 is 4.79 Å². The molecule has 0 atom stereocenters. The topological polar surface area (TPSA) is 46.3 Å². The van der Waals surface area contributed by atoms with Crippen molar-refractivity contribution in [2.45, 2.75) is 44.7 Å². The Labute approximate surface area is 121 Å². The third kappa shape index (κ3) is 4.51. The number of rotatable bonds is 4. The van der Waals surface area contributed by atoms with Crippen molar-refractivity contribution in [2.75, 3.05) is 6.54 Å². The van der Waals surface area contributed by atoms with Crippen LogP contribution in [0.15, 0.2) is 30.3 Å². The summed E-state index contributed by atoms with van der Waals surface area (Å²) < 4.78 is 0. The van der Waals surface area contributed by atoms with Crippen LogP contribution in [0.2, 0.25) is 0 Å². The van der Waals surface area contributed by atoms with Crippen LogP contribution in [0.25, 0.3) is 0 Å². The van der Waals surface area contributed by atoms with E-state index in [4.69, 9.17) is 5.73 Å². The predicted octanol–water partition coefficient (Wildman–Crippen LogP) is 2.73. The first-order valence-electron chi connectivity index (χ1n) is 6.84. The van der Waals surface area contributed by atoms with Gasteiger partial charge in [0.2, 0.25) is 5.91 Å². The SMILES string of the molecule is Cl.NCC(=O)N(Cc1ccccc1)C1CCCCC1. The highest BCUT2D eigenvalue weighted by Crippen LogP contribution is 2.24. The number of benzene rings is 1. The molecule has 1 aromatic carbocycles. The normalized spacial score (nSPS) is 15.6. The number of amides is 1. The van der Waals surface area contributed by atoms with Crippen LogP contribution >= 0.6 is 12.4 Å². The largest absolute Gasteiger partial charge is 0.334 e. The van der Waals surface area contributed by atoms with Crippen LogP contribution in [-0.4, -0.2) is 23.4 Å². The summed E-state index contributed by atoms with van der Waals surface area (Å²) in [6, 6.07) is 10.6. The zero-order chi connectivity index (χ0) is 12.8. The van der Waals surface area contributed by atoms with E-state index >= 15 is 0 Å². The van der Waals surface area contributed by atoms with Gasteiger partial charge in [0.1, 0.15) is 0 Å². The molecule has 0 saturated heterocycles. The van der Waals surface area contributed by atoms with Gasteiger partial charge in [-0.1, -0.05) is 49.6 Å². The van der Waals surface area contributed by atoms with Crippen LogP contribution in [0, 0.1) is 0 Å². The van der Waals surface area contributed by atoms with E-state index in [9.17, 15) is 4.79 Å². The highest BCUT2D eigenvalue weighted by molar-refractivity contribution is 5.85. The molecule has 1 saturated carbocycles. The first-order chi connectivity index (χ1) is 8.81. The molecule has 1 fully saturated rings. The van der Waals surface area contributed by atoms with Crippen molar-refractivity contribution in [2.24, 2.45) is 5.73 Å². The summed E-state index contributed by atoms with van der Waals surface area (Å²) in [5.74, 6) is 0.0748. The van der Waals surface area contributed by atoms with Gasteiger partial charge in [-0.05, 0) is 18.4 Å². The molecule has 1 aliphatic rings. The van der Waals surface area contributed by atoms with Gasteiger partial charge >= 0.3 is 0 Å². The predicted molar refractivity (Wildman–Crippen MR) is 80.2 cm³/mol. The minimum atomic E-state index is 0. The van der Waals surface area contributed by atoms with Crippen LogP contribution < -0.4 is 5.73 Å². The second-order valence-corrected chi connectivity index (χ2v) is 5.00. The van der Waals surface area contributed by atoms with Gasteiger partial charge in [-0.3, -0.25) is 4.79 Å². The molecule has 19 heavy (non-hydrogen) atoms. The van der Waals surface area contributed by atoms with Gasteiger partial charge in [0.25, 0.3) is 0 Å². The monoisotopic (exact) mass is 282 g/mol. The Morgan fingerprint density at radius 2 is 1.79 bits per heavy atom. The fourth-order valence-corrected chi connectivity index (χ4v) is 2.71. The van der Waals surface area contributed by atoms with E-state index in [2.05, 4.69) is 12.1 Å². The van der Waals surface area contributed by atoms with E-state index in [0.717, 1.165) is 12.8 Å². The van der Waals surface area contributed by atoms with Gasteiger partial charge in [0.05, 0.1) is 6.54 Å².